The van der Waals surface area contributed by atoms with Gasteiger partial charge in [-0.3, -0.25) is 0 Å². The van der Waals surface area contributed by atoms with Gasteiger partial charge >= 0.3 is 0 Å². The van der Waals surface area contributed by atoms with Gasteiger partial charge in [-0.1, -0.05) is 44.7 Å². The van der Waals surface area contributed by atoms with E-state index in [2.05, 4.69) is 13.8 Å². The highest BCUT2D eigenvalue weighted by atomic mass is 35.5. The number of nitrogens with two attached hydrogens (primary N) is 1. The first-order valence-electron chi connectivity index (χ1n) is 6.35. The van der Waals surface area contributed by atoms with Crippen molar-refractivity contribution in [3.63, 3.8) is 0 Å². The van der Waals surface area contributed by atoms with Crippen LogP contribution in [0.5, 0.6) is 5.75 Å². The van der Waals surface area contributed by atoms with Gasteiger partial charge < -0.3 is 10.5 Å². The molecule has 0 aromatic heterocycles. The Morgan fingerprint density at radius 2 is 2.12 bits per heavy atom. The molecular formula is C14H22ClNO. The van der Waals surface area contributed by atoms with E-state index in [1.165, 1.54) is 19.3 Å². The minimum atomic E-state index is 0.605. The number of anilines is 1. The molecule has 1 atom stereocenters. The number of ether oxygens (including phenoxy) is 1. The molecule has 0 amide bonds. The van der Waals surface area contributed by atoms with E-state index in [4.69, 9.17) is 22.1 Å². The third-order valence-corrected chi connectivity index (χ3v) is 3.23. The molecule has 0 radical (unpaired) electrons. The Labute approximate surface area is 109 Å². The highest BCUT2D eigenvalue weighted by Gasteiger charge is 2.08. The number of unbranched alkanes of at least 4 members (excludes halogenated alkanes) is 1. The molecule has 0 saturated heterocycles. The Bertz CT molecular complexity index is 341. The molecule has 0 bridgehead atoms. The molecule has 1 rings (SSSR count). The second-order valence-electron chi connectivity index (χ2n) is 4.41. The van der Waals surface area contributed by atoms with Gasteiger partial charge in [0.15, 0.2) is 0 Å². The fraction of sp³-hybridized carbons (Fsp3) is 0.571. The van der Waals surface area contributed by atoms with Gasteiger partial charge in [0, 0.05) is 11.1 Å². The van der Waals surface area contributed by atoms with Crippen LogP contribution in [0.1, 0.15) is 39.5 Å². The van der Waals surface area contributed by atoms with E-state index >= 15 is 0 Å². The maximum atomic E-state index is 5.91. The molecule has 0 saturated carbocycles. The Morgan fingerprint density at radius 3 is 2.76 bits per heavy atom. The molecule has 0 aliphatic rings. The second-order valence-corrected chi connectivity index (χ2v) is 4.85. The SMILES string of the molecule is CCCCC(CC)COc1cc(Cl)ccc1N. The van der Waals surface area contributed by atoms with Crippen LogP contribution in [-0.4, -0.2) is 6.61 Å². The van der Waals surface area contributed by atoms with Crippen LogP contribution in [0.4, 0.5) is 5.69 Å². The molecule has 0 fully saturated rings. The smallest absolute Gasteiger partial charge is 0.143 e. The van der Waals surface area contributed by atoms with Gasteiger partial charge in [0.1, 0.15) is 5.75 Å². The summed E-state index contributed by atoms with van der Waals surface area (Å²) in [7, 11) is 0. The topological polar surface area (TPSA) is 35.2 Å². The summed E-state index contributed by atoms with van der Waals surface area (Å²) in [6.07, 6.45) is 4.84. The van der Waals surface area contributed by atoms with Crippen LogP contribution in [0.3, 0.4) is 0 Å². The molecule has 0 aliphatic heterocycles. The molecule has 1 aromatic carbocycles. The van der Waals surface area contributed by atoms with Crippen LogP contribution in [0, 0.1) is 5.92 Å². The van der Waals surface area contributed by atoms with E-state index < -0.39 is 0 Å². The molecule has 0 spiro atoms. The van der Waals surface area contributed by atoms with E-state index in [-0.39, 0.29) is 0 Å². The molecule has 2 nitrogen and oxygen atoms in total. The summed E-state index contributed by atoms with van der Waals surface area (Å²) >= 11 is 5.91. The van der Waals surface area contributed by atoms with Crippen molar-refractivity contribution in [3.05, 3.63) is 23.2 Å². The molecule has 2 N–H and O–H groups in total. The van der Waals surface area contributed by atoms with Crippen LogP contribution < -0.4 is 10.5 Å². The summed E-state index contributed by atoms with van der Waals surface area (Å²) in [6, 6.07) is 5.34. The number of hydrogen-bond donors (Lipinski definition) is 1. The highest BCUT2D eigenvalue weighted by Crippen LogP contribution is 2.26. The van der Waals surface area contributed by atoms with Gasteiger partial charge in [-0.05, 0) is 24.5 Å². The lowest BCUT2D eigenvalue weighted by Gasteiger charge is -2.16. The molecular weight excluding hydrogens is 234 g/mol. The van der Waals surface area contributed by atoms with E-state index in [0.29, 0.717) is 22.4 Å². The van der Waals surface area contributed by atoms with E-state index in [1.807, 2.05) is 0 Å². The van der Waals surface area contributed by atoms with Crippen molar-refractivity contribution in [1.29, 1.82) is 0 Å². The zero-order valence-electron chi connectivity index (χ0n) is 10.7. The van der Waals surface area contributed by atoms with Gasteiger partial charge in [-0.25, -0.2) is 0 Å². The molecule has 17 heavy (non-hydrogen) atoms. The normalized spacial score (nSPS) is 12.4. The number of nitrogen functional groups attached to an aromatic ring is 1. The van der Waals surface area contributed by atoms with Crippen LogP contribution in [0.2, 0.25) is 5.02 Å². The minimum Gasteiger partial charge on any atom is -0.491 e. The summed E-state index contributed by atoms with van der Waals surface area (Å²) in [5.41, 5.74) is 6.49. The Hall–Kier alpha value is -0.890. The first-order chi connectivity index (χ1) is 8.17. The summed E-state index contributed by atoms with van der Waals surface area (Å²) in [6.45, 7) is 5.13. The van der Waals surface area contributed by atoms with Gasteiger partial charge in [0.25, 0.3) is 0 Å². The third kappa shape index (κ3) is 4.86. The van der Waals surface area contributed by atoms with Crippen LogP contribution in [0.25, 0.3) is 0 Å². The van der Waals surface area contributed by atoms with Crippen LogP contribution in [-0.2, 0) is 0 Å². The molecule has 96 valence electrons. The average Bonchev–Trinajstić information content (AvgIpc) is 2.33. The van der Waals surface area contributed by atoms with Crippen molar-refractivity contribution in [1.82, 2.24) is 0 Å². The Balaban J connectivity index is 2.50. The zero-order chi connectivity index (χ0) is 12.7. The zero-order valence-corrected chi connectivity index (χ0v) is 11.5. The summed E-state index contributed by atoms with van der Waals surface area (Å²) in [5, 5.41) is 0.663. The van der Waals surface area contributed by atoms with Crippen molar-refractivity contribution in [2.45, 2.75) is 39.5 Å². The minimum absolute atomic E-state index is 0.605. The first-order valence-corrected chi connectivity index (χ1v) is 6.73. The summed E-state index contributed by atoms with van der Waals surface area (Å²) in [5.74, 6) is 1.31. The maximum Gasteiger partial charge on any atom is 0.143 e. The molecule has 1 aromatic rings. The molecule has 1 unspecified atom stereocenters. The summed E-state index contributed by atoms with van der Waals surface area (Å²) in [4.78, 5) is 0. The standard InChI is InChI=1S/C14H22ClNO/c1-3-5-6-11(4-2)10-17-14-9-12(15)7-8-13(14)16/h7-9,11H,3-6,10,16H2,1-2H3. The lowest BCUT2D eigenvalue weighted by atomic mass is 10.0. The number of benzene rings is 1. The monoisotopic (exact) mass is 255 g/mol. The Kier molecular flexibility index (Phi) is 6.20. The number of hydrogen-bond acceptors (Lipinski definition) is 2. The maximum absolute atomic E-state index is 5.91. The highest BCUT2D eigenvalue weighted by molar-refractivity contribution is 6.30. The van der Waals surface area contributed by atoms with Crippen molar-refractivity contribution in [2.24, 2.45) is 5.92 Å². The lowest BCUT2D eigenvalue weighted by Crippen LogP contribution is -2.12. The Morgan fingerprint density at radius 1 is 1.35 bits per heavy atom. The van der Waals surface area contributed by atoms with E-state index in [0.717, 1.165) is 13.0 Å². The van der Waals surface area contributed by atoms with Crippen LogP contribution in [0.15, 0.2) is 18.2 Å². The van der Waals surface area contributed by atoms with Crippen molar-refractivity contribution < 1.29 is 4.74 Å². The average molecular weight is 256 g/mol. The predicted molar refractivity (Wildman–Crippen MR) is 74.7 cm³/mol. The van der Waals surface area contributed by atoms with Gasteiger partial charge in [-0.15, -0.1) is 0 Å². The van der Waals surface area contributed by atoms with Gasteiger partial charge in [0.2, 0.25) is 0 Å². The quantitative estimate of drug-likeness (QED) is 0.727. The van der Waals surface area contributed by atoms with E-state index in [1.54, 1.807) is 18.2 Å². The van der Waals surface area contributed by atoms with Crippen molar-refractivity contribution in [3.8, 4) is 5.75 Å². The largest absolute Gasteiger partial charge is 0.491 e. The van der Waals surface area contributed by atoms with Crippen LogP contribution >= 0.6 is 11.6 Å². The molecule has 0 heterocycles. The fourth-order valence-corrected chi connectivity index (χ4v) is 1.90. The third-order valence-electron chi connectivity index (χ3n) is 2.99. The second kappa shape index (κ2) is 7.44. The fourth-order valence-electron chi connectivity index (χ4n) is 1.74. The van der Waals surface area contributed by atoms with Crippen molar-refractivity contribution in [2.75, 3.05) is 12.3 Å². The van der Waals surface area contributed by atoms with Gasteiger partial charge in [0.05, 0.1) is 12.3 Å². The first kappa shape index (κ1) is 14.2. The predicted octanol–water partition coefficient (Wildman–Crippen LogP) is 4.52. The van der Waals surface area contributed by atoms with Gasteiger partial charge in [-0.2, -0.15) is 0 Å². The number of rotatable bonds is 7. The number of halogens is 1. The lowest BCUT2D eigenvalue weighted by molar-refractivity contribution is 0.234. The van der Waals surface area contributed by atoms with Crippen molar-refractivity contribution >= 4 is 17.3 Å². The summed E-state index contributed by atoms with van der Waals surface area (Å²) < 4.78 is 5.76. The van der Waals surface area contributed by atoms with E-state index in [9.17, 15) is 0 Å². The molecule has 3 heteroatoms. The molecule has 0 aliphatic carbocycles.